The maximum absolute atomic E-state index is 13.1. The summed E-state index contributed by atoms with van der Waals surface area (Å²) in [5, 5.41) is 18.3. The van der Waals surface area contributed by atoms with E-state index >= 15 is 0 Å². The number of nitriles is 1. The SMILES string of the molecule is N#Cc1cccc(N2CC(C(=O)N3CCc4cc(CO)ccc43)CC2=O)c1. The van der Waals surface area contributed by atoms with Crippen LogP contribution in [0, 0.1) is 17.2 Å². The van der Waals surface area contributed by atoms with E-state index < -0.39 is 5.92 Å². The molecule has 27 heavy (non-hydrogen) atoms. The molecule has 2 heterocycles. The topological polar surface area (TPSA) is 84.6 Å². The van der Waals surface area contributed by atoms with Crippen molar-refractivity contribution in [3.05, 3.63) is 59.2 Å². The van der Waals surface area contributed by atoms with Crippen molar-refractivity contribution in [3.8, 4) is 6.07 Å². The van der Waals surface area contributed by atoms with E-state index in [-0.39, 0.29) is 24.8 Å². The third-order valence-corrected chi connectivity index (χ3v) is 5.25. The Kier molecular flexibility index (Phi) is 4.38. The lowest BCUT2D eigenvalue weighted by atomic mass is 10.1. The quantitative estimate of drug-likeness (QED) is 0.906. The molecule has 0 aliphatic carbocycles. The van der Waals surface area contributed by atoms with Crippen molar-refractivity contribution in [1.82, 2.24) is 0 Å². The van der Waals surface area contributed by atoms with Crippen molar-refractivity contribution >= 4 is 23.2 Å². The molecule has 0 saturated carbocycles. The van der Waals surface area contributed by atoms with Crippen molar-refractivity contribution < 1.29 is 14.7 Å². The number of hydrogen-bond donors (Lipinski definition) is 1. The van der Waals surface area contributed by atoms with Crippen molar-refractivity contribution in [1.29, 1.82) is 5.26 Å². The van der Waals surface area contributed by atoms with Gasteiger partial charge in [-0.05, 0) is 41.8 Å². The van der Waals surface area contributed by atoms with Crippen LogP contribution >= 0.6 is 0 Å². The molecule has 6 heteroatoms. The molecule has 1 fully saturated rings. The van der Waals surface area contributed by atoms with Gasteiger partial charge >= 0.3 is 0 Å². The fraction of sp³-hybridized carbons (Fsp3) is 0.286. The molecule has 1 N–H and O–H groups in total. The summed E-state index contributed by atoms with van der Waals surface area (Å²) in [6.07, 6.45) is 0.930. The molecule has 2 aliphatic rings. The van der Waals surface area contributed by atoms with E-state index in [1.807, 2.05) is 18.2 Å². The van der Waals surface area contributed by atoms with Crippen LogP contribution in [-0.4, -0.2) is 30.0 Å². The monoisotopic (exact) mass is 361 g/mol. The van der Waals surface area contributed by atoms with Crippen LogP contribution in [0.1, 0.15) is 23.1 Å². The molecule has 2 aliphatic heterocycles. The van der Waals surface area contributed by atoms with E-state index in [1.165, 1.54) is 0 Å². The van der Waals surface area contributed by atoms with Crippen LogP contribution in [0.2, 0.25) is 0 Å². The molecule has 0 aromatic heterocycles. The zero-order valence-corrected chi connectivity index (χ0v) is 14.8. The largest absolute Gasteiger partial charge is 0.392 e. The standard InChI is InChI=1S/C21H19N3O3/c22-11-14-2-1-3-18(9-14)24-12-17(10-20(24)26)21(27)23-7-6-16-8-15(13-25)4-5-19(16)23/h1-5,8-9,17,25H,6-7,10,12-13H2. The lowest BCUT2D eigenvalue weighted by Gasteiger charge is -2.22. The number of nitrogens with zero attached hydrogens (tertiary/aromatic N) is 3. The second kappa shape index (κ2) is 6.86. The molecule has 1 saturated heterocycles. The predicted octanol–water partition coefficient (Wildman–Crippen LogP) is 1.99. The third kappa shape index (κ3) is 3.07. The summed E-state index contributed by atoms with van der Waals surface area (Å²) in [6, 6.07) is 14.6. The molecule has 6 nitrogen and oxygen atoms in total. The summed E-state index contributed by atoms with van der Waals surface area (Å²) in [5.74, 6) is -0.539. The van der Waals surface area contributed by atoms with E-state index in [4.69, 9.17) is 5.26 Å². The van der Waals surface area contributed by atoms with Crippen LogP contribution in [-0.2, 0) is 22.6 Å². The molecular formula is C21H19N3O3. The average molecular weight is 361 g/mol. The minimum absolute atomic E-state index is 0.0188. The zero-order valence-electron chi connectivity index (χ0n) is 14.8. The van der Waals surface area contributed by atoms with Gasteiger partial charge in [-0.25, -0.2) is 0 Å². The molecule has 136 valence electrons. The van der Waals surface area contributed by atoms with Crippen molar-refractivity contribution in [2.45, 2.75) is 19.4 Å². The Morgan fingerprint density at radius 3 is 2.89 bits per heavy atom. The fourth-order valence-corrected chi connectivity index (χ4v) is 3.87. The van der Waals surface area contributed by atoms with Gasteiger partial charge in [-0.15, -0.1) is 0 Å². The highest BCUT2D eigenvalue weighted by Gasteiger charge is 2.39. The van der Waals surface area contributed by atoms with E-state index in [0.29, 0.717) is 24.3 Å². The molecule has 4 rings (SSSR count). The van der Waals surface area contributed by atoms with Crippen LogP contribution in [0.4, 0.5) is 11.4 Å². The van der Waals surface area contributed by atoms with Gasteiger partial charge in [-0.2, -0.15) is 5.26 Å². The van der Waals surface area contributed by atoms with Gasteiger partial charge < -0.3 is 14.9 Å². The number of carbonyl (C=O) groups excluding carboxylic acids is 2. The van der Waals surface area contributed by atoms with Gasteiger partial charge in [0.25, 0.3) is 0 Å². The van der Waals surface area contributed by atoms with Gasteiger partial charge in [0.1, 0.15) is 0 Å². The Morgan fingerprint density at radius 2 is 2.11 bits per heavy atom. The number of fused-ring (bicyclic) bond motifs is 1. The number of amides is 2. The van der Waals surface area contributed by atoms with Crippen LogP contribution in [0.3, 0.4) is 0 Å². The Morgan fingerprint density at radius 1 is 1.26 bits per heavy atom. The molecule has 1 unspecified atom stereocenters. The lowest BCUT2D eigenvalue weighted by Crippen LogP contribution is -2.36. The summed E-state index contributed by atoms with van der Waals surface area (Å²) in [6.45, 7) is 0.903. The molecule has 0 radical (unpaired) electrons. The first-order chi connectivity index (χ1) is 13.1. The minimum Gasteiger partial charge on any atom is -0.392 e. The summed E-state index contributed by atoms with van der Waals surface area (Å²) in [4.78, 5) is 28.9. The Bertz CT molecular complexity index is 963. The second-order valence-corrected chi connectivity index (χ2v) is 6.93. The van der Waals surface area contributed by atoms with E-state index in [2.05, 4.69) is 6.07 Å². The second-order valence-electron chi connectivity index (χ2n) is 6.93. The van der Waals surface area contributed by atoms with Gasteiger partial charge in [-0.1, -0.05) is 18.2 Å². The van der Waals surface area contributed by atoms with E-state index in [1.54, 1.807) is 34.1 Å². The van der Waals surface area contributed by atoms with Crippen molar-refractivity contribution in [3.63, 3.8) is 0 Å². The Hall–Kier alpha value is -3.17. The first-order valence-corrected chi connectivity index (χ1v) is 8.95. The van der Waals surface area contributed by atoms with Crippen LogP contribution in [0.25, 0.3) is 0 Å². The lowest BCUT2D eigenvalue weighted by molar-refractivity contribution is -0.124. The number of aliphatic hydroxyl groups is 1. The number of anilines is 2. The summed E-state index contributed by atoms with van der Waals surface area (Å²) in [7, 11) is 0. The highest BCUT2D eigenvalue weighted by atomic mass is 16.3. The number of hydrogen-bond acceptors (Lipinski definition) is 4. The van der Waals surface area contributed by atoms with E-state index in [0.717, 1.165) is 23.2 Å². The molecule has 0 bridgehead atoms. The molecule has 2 amide bonds. The number of carbonyl (C=O) groups is 2. The predicted molar refractivity (Wildman–Crippen MR) is 100 cm³/mol. The van der Waals surface area contributed by atoms with Gasteiger partial charge in [0.15, 0.2) is 0 Å². The number of benzene rings is 2. The average Bonchev–Trinajstić information content (AvgIpc) is 3.30. The first-order valence-electron chi connectivity index (χ1n) is 8.95. The first kappa shape index (κ1) is 17.3. The summed E-state index contributed by atoms with van der Waals surface area (Å²) >= 11 is 0. The van der Waals surface area contributed by atoms with Crippen LogP contribution in [0.5, 0.6) is 0 Å². The number of rotatable bonds is 3. The summed E-state index contributed by atoms with van der Waals surface area (Å²) in [5.41, 5.74) is 3.90. The molecule has 2 aromatic carbocycles. The van der Waals surface area contributed by atoms with Gasteiger partial charge in [0.05, 0.1) is 24.2 Å². The highest BCUT2D eigenvalue weighted by Crippen LogP contribution is 2.33. The minimum atomic E-state index is -0.397. The van der Waals surface area contributed by atoms with Crippen LogP contribution in [0.15, 0.2) is 42.5 Å². The maximum Gasteiger partial charge on any atom is 0.232 e. The summed E-state index contributed by atoms with van der Waals surface area (Å²) < 4.78 is 0. The fourth-order valence-electron chi connectivity index (χ4n) is 3.87. The van der Waals surface area contributed by atoms with E-state index in [9.17, 15) is 14.7 Å². The molecular weight excluding hydrogens is 342 g/mol. The van der Waals surface area contributed by atoms with Gasteiger partial charge in [0.2, 0.25) is 11.8 Å². The Balaban J connectivity index is 1.53. The smallest absolute Gasteiger partial charge is 0.232 e. The Labute approximate surface area is 157 Å². The maximum atomic E-state index is 13.1. The third-order valence-electron chi connectivity index (χ3n) is 5.25. The van der Waals surface area contributed by atoms with Crippen molar-refractivity contribution in [2.24, 2.45) is 5.92 Å². The van der Waals surface area contributed by atoms with Gasteiger partial charge in [0, 0.05) is 30.9 Å². The van der Waals surface area contributed by atoms with Crippen molar-refractivity contribution in [2.75, 3.05) is 22.9 Å². The number of aliphatic hydroxyl groups excluding tert-OH is 1. The highest BCUT2D eigenvalue weighted by molar-refractivity contribution is 6.05. The molecule has 2 aromatic rings. The van der Waals surface area contributed by atoms with Gasteiger partial charge in [-0.3, -0.25) is 9.59 Å². The zero-order chi connectivity index (χ0) is 19.0. The normalized spacial score (nSPS) is 18.5. The van der Waals surface area contributed by atoms with Crippen LogP contribution < -0.4 is 9.80 Å². The molecule has 1 atom stereocenters. The molecule has 0 spiro atoms.